The van der Waals surface area contributed by atoms with Crippen molar-refractivity contribution in [2.75, 3.05) is 24.4 Å². The molecule has 0 spiro atoms. The molecular weight excluding hydrogens is 230 g/mol. The summed E-state index contributed by atoms with van der Waals surface area (Å²) in [6.07, 6.45) is 8.37. The van der Waals surface area contributed by atoms with Gasteiger partial charge in [-0.1, -0.05) is 12.8 Å². The Morgan fingerprint density at radius 1 is 1.20 bits per heavy atom. The first kappa shape index (κ1) is 15.1. The number of rotatable bonds is 10. The summed E-state index contributed by atoms with van der Waals surface area (Å²) in [5, 5.41) is 2.91. The van der Waals surface area contributed by atoms with E-state index < -0.39 is 0 Å². The number of hydrogen-bond donors (Lipinski definition) is 1. The van der Waals surface area contributed by atoms with Gasteiger partial charge in [-0.3, -0.25) is 4.79 Å². The Morgan fingerprint density at radius 3 is 2.60 bits per heavy atom. The fourth-order valence-electron chi connectivity index (χ4n) is 1.27. The zero-order valence-corrected chi connectivity index (χ0v) is 11.1. The average molecular weight is 252 g/mol. The van der Waals surface area contributed by atoms with Crippen molar-refractivity contribution in [3.05, 3.63) is 0 Å². The number of unbranched alkanes of at least 4 members (excludes halogenated alkanes) is 3. The normalized spacial score (nSPS) is 10.3. The van der Waals surface area contributed by atoms with Crippen LogP contribution in [0.25, 0.3) is 0 Å². The van der Waals surface area contributed by atoms with Gasteiger partial charge in [0, 0.05) is 18.8 Å². The number of thioether (sulfide) groups is 1. The van der Waals surface area contributed by atoms with Gasteiger partial charge in [-0.25, -0.2) is 0 Å². The van der Waals surface area contributed by atoms with E-state index in [2.05, 4.69) is 11.6 Å². The summed E-state index contributed by atoms with van der Waals surface area (Å²) >= 11 is 7.39. The van der Waals surface area contributed by atoms with Crippen molar-refractivity contribution >= 4 is 29.3 Å². The first-order valence-electron chi connectivity index (χ1n) is 5.63. The summed E-state index contributed by atoms with van der Waals surface area (Å²) in [5.74, 6) is 1.96. The molecule has 0 aliphatic rings. The van der Waals surface area contributed by atoms with Crippen LogP contribution >= 0.6 is 23.4 Å². The summed E-state index contributed by atoms with van der Waals surface area (Å²) in [5.41, 5.74) is 0. The lowest BCUT2D eigenvalue weighted by atomic mass is 10.2. The summed E-state index contributed by atoms with van der Waals surface area (Å²) in [6.45, 7) is 0.820. The molecule has 4 heteroatoms. The Labute approximate surface area is 103 Å². The molecule has 0 heterocycles. The van der Waals surface area contributed by atoms with E-state index >= 15 is 0 Å². The number of nitrogens with one attached hydrogen (secondary N) is 1. The van der Waals surface area contributed by atoms with E-state index in [0.29, 0.717) is 12.3 Å². The number of amides is 1. The predicted molar refractivity (Wildman–Crippen MR) is 69.8 cm³/mol. The smallest absolute Gasteiger partial charge is 0.220 e. The van der Waals surface area contributed by atoms with Crippen LogP contribution in [0.15, 0.2) is 0 Å². The second-order valence-corrected chi connectivity index (χ2v) is 4.91. The van der Waals surface area contributed by atoms with E-state index in [0.717, 1.165) is 19.4 Å². The lowest BCUT2D eigenvalue weighted by Gasteiger charge is -2.04. The molecule has 0 rings (SSSR count). The lowest BCUT2D eigenvalue weighted by Crippen LogP contribution is -2.24. The van der Waals surface area contributed by atoms with Crippen molar-refractivity contribution in [1.29, 1.82) is 0 Å². The molecule has 90 valence electrons. The minimum Gasteiger partial charge on any atom is -0.356 e. The standard InChI is InChI=1S/C11H22ClNOS/c1-15-10-5-3-2-4-9-13-11(14)7-6-8-12/h2-10H2,1H3,(H,13,14). The number of halogens is 1. The van der Waals surface area contributed by atoms with Crippen LogP contribution in [0, 0.1) is 0 Å². The number of carbonyl (C=O) groups excluding carboxylic acids is 1. The van der Waals surface area contributed by atoms with E-state index in [-0.39, 0.29) is 5.91 Å². The summed E-state index contributed by atoms with van der Waals surface area (Å²) in [6, 6.07) is 0. The van der Waals surface area contributed by atoms with Crippen LogP contribution in [0.4, 0.5) is 0 Å². The van der Waals surface area contributed by atoms with Crippen LogP contribution in [0.5, 0.6) is 0 Å². The van der Waals surface area contributed by atoms with Crippen LogP contribution in [0.3, 0.4) is 0 Å². The molecular formula is C11H22ClNOS. The molecule has 0 aliphatic carbocycles. The Balaban J connectivity index is 3.06. The zero-order valence-electron chi connectivity index (χ0n) is 9.56. The largest absolute Gasteiger partial charge is 0.356 e. The van der Waals surface area contributed by atoms with Gasteiger partial charge in [-0.15, -0.1) is 11.6 Å². The first-order chi connectivity index (χ1) is 7.31. The van der Waals surface area contributed by atoms with E-state index in [4.69, 9.17) is 11.6 Å². The highest BCUT2D eigenvalue weighted by Gasteiger charge is 1.98. The van der Waals surface area contributed by atoms with Gasteiger partial charge in [0.2, 0.25) is 5.91 Å². The van der Waals surface area contributed by atoms with Gasteiger partial charge in [0.05, 0.1) is 0 Å². The van der Waals surface area contributed by atoms with E-state index in [1.807, 2.05) is 11.8 Å². The van der Waals surface area contributed by atoms with Gasteiger partial charge < -0.3 is 5.32 Å². The highest BCUT2D eigenvalue weighted by Crippen LogP contribution is 2.03. The third kappa shape index (κ3) is 12.0. The molecule has 0 radical (unpaired) electrons. The van der Waals surface area contributed by atoms with Crippen LogP contribution in [-0.4, -0.2) is 30.3 Å². The van der Waals surface area contributed by atoms with Crippen molar-refractivity contribution in [2.45, 2.75) is 38.5 Å². The number of alkyl halides is 1. The minimum atomic E-state index is 0.139. The van der Waals surface area contributed by atoms with Crippen molar-refractivity contribution in [2.24, 2.45) is 0 Å². The second-order valence-electron chi connectivity index (χ2n) is 3.55. The highest BCUT2D eigenvalue weighted by molar-refractivity contribution is 7.98. The Bertz CT molecular complexity index is 156. The summed E-state index contributed by atoms with van der Waals surface area (Å²) in [4.78, 5) is 11.2. The molecule has 0 aromatic rings. The quantitative estimate of drug-likeness (QED) is 0.478. The Kier molecular flexibility index (Phi) is 12.3. The van der Waals surface area contributed by atoms with Gasteiger partial charge in [0.1, 0.15) is 0 Å². The minimum absolute atomic E-state index is 0.139. The fraction of sp³-hybridized carbons (Fsp3) is 0.909. The maximum absolute atomic E-state index is 11.2. The molecule has 1 N–H and O–H groups in total. The zero-order chi connectivity index (χ0) is 11.4. The van der Waals surface area contributed by atoms with E-state index in [9.17, 15) is 4.79 Å². The van der Waals surface area contributed by atoms with Gasteiger partial charge in [0.15, 0.2) is 0 Å². The topological polar surface area (TPSA) is 29.1 Å². The Morgan fingerprint density at radius 2 is 1.93 bits per heavy atom. The second kappa shape index (κ2) is 12.2. The number of carbonyl (C=O) groups is 1. The average Bonchev–Trinajstić information content (AvgIpc) is 2.25. The van der Waals surface area contributed by atoms with Gasteiger partial charge in [-0.2, -0.15) is 11.8 Å². The predicted octanol–water partition coefficient (Wildman–Crippen LogP) is 3.05. The van der Waals surface area contributed by atoms with Gasteiger partial charge in [-0.05, 0) is 31.3 Å². The molecule has 0 fully saturated rings. The first-order valence-corrected chi connectivity index (χ1v) is 7.55. The maximum atomic E-state index is 11.2. The maximum Gasteiger partial charge on any atom is 0.220 e. The van der Waals surface area contributed by atoms with Crippen molar-refractivity contribution in [1.82, 2.24) is 5.32 Å². The molecule has 0 aromatic heterocycles. The third-order valence-electron chi connectivity index (χ3n) is 2.13. The van der Waals surface area contributed by atoms with Crippen LogP contribution in [0.1, 0.15) is 38.5 Å². The highest BCUT2D eigenvalue weighted by atomic mass is 35.5. The van der Waals surface area contributed by atoms with Crippen molar-refractivity contribution in [3.8, 4) is 0 Å². The van der Waals surface area contributed by atoms with Crippen molar-refractivity contribution < 1.29 is 4.79 Å². The molecule has 0 atom stereocenters. The van der Waals surface area contributed by atoms with Crippen LogP contribution in [0.2, 0.25) is 0 Å². The lowest BCUT2D eigenvalue weighted by molar-refractivity contribution is -0.121. The van der Waals surface area contributed by atoms with Crippen molar-refractivity contribution in [3.63, 3.8) is 0 Å². The molecule has 2 nitrogen and oxygen atoms in total. The summed E-state index contributed by atoms with van der Waals surface area (Å²) in [7, 11) is 0. The SMILES string of the molecule is CSCCCCCCNC(=O)CCCCl. The molecule has 0 bridgehead atoms. The Hall–Kier alpha value is 0.110. The molecule has 0 saturated heterocycles. The molecule has 15 heavy (non-hydrogen) atoms. The molecule has 0 saturated carbocycles. The molecule has 0 unspecified atom stereocenters. The number of hydrogen-bond acceptors (Lipinski definition) is 2. The molecule has 0 aromatic carbocycles. The third-order valence-corrected chi connectivity index (χ3v) is 3.10. The van der Waals surface area contributed by atoms with Gasteiger partial charge >= 0.3 is 0 Å². The molecule has 0 aliphatic heterocycles. The molecule has 1 amide bonds. The van der Waals surface area contributed by atoms with E-state index in [1.165, 1.54) is 25.0 Å². The fourth-order valence-corrected chi connectivity index (χ4v) is 1.89. The van der Waals surface area contributed by atoms with Gasteiger partial charge in [0.25, 0.3) is 0 Å². The summed E-state index contributed by atoms with van der Waals surface area (Å²) < 4.78 is 0. The van der Waals surface area contributed by atoms with Crippen LogP contribution in [-0.2, 0) is 4.79 Å². The van der Waals surface area contributed by atoms with E-state index in [1.54, 1.807) is 0 Å². The van der Waals surface area contributed by atoms with Crippen LogP contribution < -0.4 is 5.32 Å². The monoisotopic (exact) mass is 251 g/mol.